The van der Waals surface area contributed by atoms with Crippen LogP contribution in [-0.2, 0) is 57.3 Å². The van der Waals surface area contributed by atoms with Crippen molar-refractivity contribution >= 4 is 37.6 Å². The van der Waals surface area contributed by atoms with Gasteiger partial charge in [-0.2, -0.15) is 0 Å². The minimum Gasteiger partial charge on any atom is -1.00 e. The maximum atomic E-state index is 11.0. The van der Waals surface area contributed by atoms with Gasteiger partial charge in [-0.1, -0.05) is 83.1 Å². The van der Waals surface area contributed by atoms with Crippen LogP contribution in [0.4, 0.5) is 19.2 Å². The van der Waals surface area contributed by atoms with Crippen LogP contribution in [0.3, 0.4) is 0 Å². The Hall–Kier alpha value is 2.33. The number of ether oxygens (including phenoxy) is 8. The second-order valence-electron chi connectivity index (χ2n) is 14.1. The molecule has 22 nitrogen and oxygen atoms in total. The van der Waals surface area contributed by atoms with E-state index in [2.05, 4.69) is 121 Å². The molecule has 0 aliphatic carbocycles. The van der Waals surface area contributed by atoms with Crippen LogP contribution in [0, 0.1) is 35.5 Å². The van der Waals surface area contributed by atoms with Gasteiger partial charge in [-0.05, 0) is 74.0 Å². The summed E-state index contributed by atoms with van der Waals surface area (Å²) >= 11 is 0. The number of aliphatic hydroxyl groups is 4. The molecule has 0 amide bonds. The van der Waals surface area contributed by atoms with Gasteiger partial charge < -0.3 is 81.5 Å². The molecule has 0 fully saturated rings. The van der Waals surface area contributed by atoms with Crippen LogP contribution >= 0.6 is 0 Å². The van der Waals surface area contributed by atoms with Crippen LogP contribution in [-0.4, -0.2) is 140 Å². The van der Waals surface area contributed by atoms with Crippen molar-refractivity contribution < 1.29 is 316 Å². The minimum atomic E-state index is -0.657. The smallest absolute Gasteiger partial charge is 1.00 e. The fourth-order valence-corrected chi connectivity index (χ4v) is 2.27. The van der Waals surface area contributed by atoms with Crippen molar-refractivity contribution in [3.63, 3.8) is 0 Å². The van der Waals surface area contributed by atoms with E-state index in [4.69, 9.17) is 50.0 Å². The fourth-order valence-electron chi connectivity index (χ4n) is 2.27. The van der Waals surface area contributed by atoms with Crippen molar-refractivity contribution in [1.29, 1.82) is 0 Å². The normalized spacial score (nSPS) is 8.21. The Balaban J connectivity index is -0.0000000342. The van der Waals surface area contributed by atoms with Crippen LogP contribution < -0.4 is 216 Å². The van der Waals surface area contributed by atoms with Gasteiger partial charge in [0.25, 0.3) is 12.9 Å². The van der Waals surface area contributed by atoms with Crippen molar-refractivity contribution in [1.82, 2.24) is 0 Å². The summed E-state index contributed by atoms with van der Waals surface area (Å²) in [6, 6.07) is 0. The molecule has 0 heterocycles. The second-order valence-corrected chi connectivity index (χ2v) is 14.1. The predicted octanol–water partition coefficient (Wildman–Crippen LogP) is -6.36. The monoisotopic (exact) mass is 1100 g/mol. The van der Waals surface area contributed by atoms with E-state index in [0.29, 0.717) is 75.1 Å². The standard InChI is InChI=1S/C11H22O3.2C7H14O3.2C5H12O.C3H6O3.2CH2O3.2CH4O.4K.2H/c1-9(2)5-7-13-11(12)14-8-6-10(3)4;2*1-6(2)4-5-10-7(8)9-3;2*1-5(2)3-4-6;1-5-3(4)6-2;2*2-1-4-3;2*1-2;;;;;;/h9-10H,5-8H2,1-4H3;2*6H,4-5H2,1-3H3;2*5-6H,3-4H2,1-2H3;1-2H3;2*1,3H;2*2H,1H3;;;;;;/q;;;;;;;;;;4*+1;2*-1/p-2. The first-order chi connectivity index (χ1) is 30.0. The zero-order valence-corrected chi connectivity index (χ0v) is 58.7. The molecule has 0 aliphatic heterocycles. The molecule has 0 saturated carbocycles. The topological polar surface area (TPSA) is 322 Å². The molecule has 0 aromatic carbocycles. The van der Waals surface area contributed by atoms with Crippen LogP contribution in [0.25, 0.3) is 0 Å². The largest absolute Gasteiger partial charge is 1.00 e. The minimum absolute atomic E-state index is 0. The van der Waals surface area contributed by atoms with E-state index >= 15 is 0 Å². The number of hydrogen-bond donors (Lipinski definition) is 4. The SMILES string of the molecule is CC(C)CCO.CC(C)CCO.CC(C)CCOC(=O)OCCC(C)C.CO.CO.COC(=O)OC.COC(=O)OCCC(C)C.COC(=O)OCCC(C)C.O=CO[O-].O=CO[O-].[H-].[H-].[K+].[K+].[K+].[K+]. The summed E-state index contributed by atoms with van der Waals surface area (Å²) in [6.45, 7) is 27.1. The Labute approximate surface area is 582 Å². The van der Waals surface area contributed by atoms with E-state index in [1.807, 2.05) is 0 Å². The average molecular weight is 1110 g/mol. The summed E-state index contributed by atoms with van der Waals surface area (Å²) < 4.78 is 35.6. The first-order valence-corrected chi connectivity index (χ1v) is 20.4. The molecule has 0 saturated heterocycles. The molecular formula is C42H92K4O22. The van der Waals surface area contributed by atoms with Crippen LogP contribution in [0.15, 0.2) is 0 Å². The maximum absolute atomic E-state index is 11.0. The van der Waals surface area contributed by atoms with E-state index in [1.165, 1.54) is 28.4 Å². The zero-order chi connectivity index (χ0) is 52.7. The quantitative estimate of drug-likeness (QED) is 0.0248. The van der Waals surface area contributed by atoms with Gasteiger partial charge >= 0.3 is 230 Å². The van der Waals surface area contributed by atoms with Crippen molar-refractivity contribution in [3.05, 3.63) is 0 Å². The number of carbonyl (C=O) groups is 6. The van der Waals surface area contributed by atoms with E-state index in [9.17, 15) is 19.2 Å². The first-order valence-electron chi connectivity index (χ1n) is 20.4. The summed E-state index contributed by atoms with van der Waals surface area (Å²) in [4.78, 5) is 63.9. The summed E-state index contributed by atoms with van der Waals surface area (Å²) in [5, 5.41) is 47.3. The summed E-state index contributed by atoms with van der Waals surface area (Å²) in [6.07, 6.45) is 3.02. The Bertz CT molecular complexity index is 855. The molecule has 0 rings (SSSR count). The fraction of sp³-hybridized carbons (Fsp3) is 0.857. The van der Waals surface area contributed by atoms with E-state index in [-0.39, 0.29) is 221 Å². The summed E-state index contributed by atoms with van der Waals surface area (Å²) in [7, 11) is 7.12. The van der Waals surface area contributed by atoms with E-state index in [1.54, 1.807) is 0 Å². The molecule has 396 valence electrons. The van der Waals surface area contributed by atoms with Gasteiger partial charge in [0.1, 0.15) is 0 Å². The van der Waals surface area contributed by atoms with Crippen molar-refractivity contribution in [2.45, 2.75) is 122 Å². The molecule has 0 spiro atoms. The molecule has 0 aromatic rings. The average Bonchev–Trinajstić information content (AvgIpc) is 3.25. The van der Waals surface area contributed by atoms with Gasteiger partial charge in [-0.15, -0.1) is 0 Å². The molecule has 0 aromatic heterocycles. The molecule has 0 bridgehead atoms. The Kier molecular flexibility index (Phi) is 160. The number of hydrogen-bond acceptors (Lipinski definition) is 22. The summed E-state index contributed by atoms with van der Waals surface area (Å²) in [5.41, 5.74) is 0. The second kappa shape index (κ2) is 102. The molecular weight excluding hydrogens is 1010 g/mol. The van der Waals surface area contributed by atoms with Crippen LogP contribution in [0.1, 0.15) is 124 Å². The van der Waals surface area contributed by atoms with Crippen molar-refractivity contribution in [2.24, 2.45) is 35.5 Å². The van der Waals surface area contributed by atoms with Crippen LogP contribution in [0.2, 0.25) is 0 Å². The van der Waals surface area contributed by atoms with Gasteiger partial charge in [-0.3, -0.25) is 9.59 Å². The van der Waals surface area contributed by atoms with Gasteiger partial charge in [0, 0.05) is 27.4 Å². The third-order valence-corrected chi connectivity index (χ3v) is 5.82. The van der Waals surface area contributed by atoms with E-state index < -0.39 is 24.6 Å². The molecule has 0 aliphatic rings. The van der Waals surface area contributed by atoms with Gasteiger partial charge in [0.2, 0.25) is 0 Å². The van der Waals surface area contributed by atoms with Gasteiger partial charge in [0.15, 0.2) is 0 Å². The zero-order valence-electron chi connectivity index (χ0n) is 48.2. The Morgan fingerprint density at radius 2 is 0.559 bits per heavy atom. The third kappa shape index (κ3) is 173. The van der Waals surface area contributed by atoms with E-state index in [0.717, 1.165) is 52.7 Å². The van der Waals surface area contributed by atoms with Crippen molar-refractivity contribution in [3.8, 4) is 0 Å². The number of rotatable bonds is 18. The maximum Gasteiger partial charge on any atom is 1.00 e. The first kappa shape index (κ1) is 107. The van der Waals surface area contributed by atoms with Gasteiger partial charge in [0.05, 0.1) is 54.9 Å². The molecule has 0 radical (unpaired) electrons. The Morgan fingerprint density at radius 1 is 0.397 bits per heavy atom. The number of aliphatic hydroxyl groups excluding tert-OH is 4. The third-order valence-electron chi connectivity index (χ3n) is 5.82. The molecule has 68 heavy (non-hydrogen) atoms. The number of methoxy groups -OCH3 is 4. The van der Waals surface area contributed by atoms with Crippen LogP contribution in [0.5, 0.6) is 0 Å². The molecule has 26 heteroatoms. The summed E-state index contributed by atoms with van der Waals surface area (Å²) in [5.74, 6) is 3.52. The van der Waals surface area contributed by atoms with Crippen molar-refractivity contribution in [2.75, 3.05) is 82.3 Å². The number of carbonyl (C=O) groups excluding carboxylic acids is 6. The molecule has 0 atom stereocenters. The molecule has 0 unspecified atom stereocenters. The van der Waals surface area contributed by atoms with Gasteiger partial charge in [-0.25, -0.2) is 19.2 Å². The predicted molar refractivity (Wildman–Crippen MR) is 237 cm³/mol. The molecule has 4 N–H and O–H groups in total. The Morgan fingerprint density at radius 3 is 0.647 bits per heavy atom.